The minimum Gasteiger partial charge on any atom is -0.387 e. The van der Waals surface area contributed by atoms with Gasteiger partial charge in [-0.1, -0.05) is 13.8 Å². The van der Waals surface area contributed by atoms with Crippen LogP contribution in [0.3, 0.4) is 0 Å². The van der Waals surface area contributed by atoms with Gasteiger partial charge < -0.3 is 10.4 Å². The predicted molar refractivity (Wildman–Crippen MR) is 59.0 cm³/mol. The normalized spacial score (nSPS) is 15.2. The molecule has 2 unspecified atom stereocenters. The highest BCUT2D eigenvalue weighted by Crippen LogP contribution is 2.24. The van der Waals surface area contributed by atoms with E-state index in [0.29, 0.717) is 0 Å². The van der Waals surface area contributed by atoms with Crippen molar-refractivity contribution in [1.29, 1.82) is 0 Å². The van der Waals surface area contributed by atoms with Crippen LogP contribution in [-0.2, 0) is 0 Å². The highest BCUT2D eigenvalue weighted by atomic mass is 19.1. The fraction of sp³-hybridized carbons (Fsp3) is 0.500. The van der Waals surface area contributed by atoms with Crippen LogP contribution in [0.25, 0.3) is 0 Å². The lowest BCUT2D eigenvalue weighted by Gasteiger charge is -2.26. The van der Waals surface area contributed by atoms with Gasteiger partial charge in [0.25, 0.3) is 0 Å². The Balaban J connectivity index is 3.02. The van der Waals surface area contributed by atoms with E-state index in [1.807, 2.05) is 13.8 Å². The molecule has 0 fully saturated rings. The van der Waals surface area contributed by atoms with Crippen molar-refractivity contribution >= 4 is 0 Å². The van der Waals surface area contributed by atoms with Crippen molar-refractivity contribution in [3.05, 3.63) is 35.4 Å². The van der Waals surface area contributed by atoms with E-state index in [1.165, 1.54) is 0 Å². The third-order valence-electron chi connectivity index (χ3n) is 2.67. The third-order valence-corrected chi connectivity index (χ3v) is 2.67. The first kappa shape index (κ1) is 13.1. The number of nitrogens with one attached hydrogen (secondary N) is 1. The first-order valence-corrected chi connectivity index (χ1v) is 5.27. The molecule has 2 nitrogen and oxygen atoms in total. The smallest absolute Gasteiger partial charge is 0.129 e. The van der Waals surface area contributed by atoms with E-state index < -0.39 is 17.7 Å². The lowest BCUT2D eigenvalue weighted by molar-refractivity contribution is 0.106. The Morgan fingerprint density at radius 1 is 1.25 bits per heavy atom. The first-order chi connectivity index (χ1) is 7.47. The number of benzene rings is 1. The van der Waals surface area contributed by atoms with Gasteiger partial charge in [0.2, 0.25) is 0 Å². The van der Waals surface area contributed by atoms with Crippen LogP contribution >= 0.6 is 0 Å². The molecular formula is C12H17F2NO. The minimum atomic E-state index is -1.05. The molecule has 2 atom stereocenters. The number of halogens is 2. The monoisotopic (exact) mass is 229 g/mol. The summed E-state index contributed by atoms with van der Waals surface area (Å²) in [7, 11) is 1.69. The molecule has 16 heavy (non-hydrogen) atoms. The number of likely N-dealkylation sites (N-methyl/N-ethyl adjacent to an activating group) is 1. The van der Waals surface area contributed by atoms with Gasteiger partial charge in [0.05, 0.1) is 6.10 Å². The molecule has 2 N–H and O–H groups in total. The molecule has 0 spiro atoms. The summed E-state index contributed by atoms with van der Waals surface area (Å²) in [5.41, 5.74) is -0.00644. The summed E-state index contributed by atoms with van der Waals surface area (Å²) in [6.07, 6.45) is -1.05. The molecule has 90 valence electrons. The van der Waals surface area contributed by atoms with Gasteiger partial charge in [-0.15, -0.1) is 0 Å². The molecule has 0 radical (unpaired) electrons. The maximum atomic E-state index is 13.4. The quantitative estimate of drug-likeness (QED) is 0.830. The third kappa shape index (κ3) is 2.77. The molecule has 4 heteroatoms. The van der Waals surface area contributed by atoms with E-state index in [-0.39, 0.29) is 17.5 Å². The standard InChI is InChI=1S/C12H17F2NO/c1-7(2)11(15-3)12(16)9-6-8(13)4-5-10(9)14/h4-7,11-12,15-16H,1-3H3. The summed E-state index contributed by atoms with van der Waals surface area (Å²) >= 11 is 0. The fourth-order valence-electron chi connectivity index (χ4n) is 1.79. The van der Waals surface area contributed by atoms with Crippen LogP contribution in [0.1, 0.15) is 25.5 Å². The second-order valence-corrected chi connectivity index (χ2v) is 4.17. The molecule has 0 aliphatic rings. The van der Waals surface area contributed by atoms with E-state index in [1.54, 1.807) is 7.05 Å². The Hall–Kier alpha value is -1.00. The summed E-state index contributed by atoms with van der Waals surface area (Å²) in [6.45, 7) is 3.81. The SMILES string of the molecule is CNC(C(C)C)C(O)c1cc(F)ccc1F. The lowest BCUT2D eigenvalue weighted by atomic mass is 9.93. The molecule has 0 aliphatic heterocycles. The molecule has 1 aromatic carbocycles. The number of hydrogen-bond acceptors (Lipinski definition) is 2. The van der Waals surface area contributed by atoms with Gasteiger partial charge in [-0.25, -0.2) is 8.78 Å². The number of hydrogen-bond donors (Lipinski definition) is 2. The van der Waals surface area contributed by atoms with Crippen LogP contribution in [0.4, 0.5) is 8.78 Å². The van der Waals surface area contributed by atoms with Crippen LogP contribution in [0.15, 0.2) is 18.2 Å². The molecule has 1 rings (SSSR count). The molecule has 1 aromatic rings. The molecule has 0 heterocycles. The van der Waals surface area contributed by atoms with Gasteiger partial charge >= 0.3 is 0 Å². The molecule has 0 amide bonds. The van der Waals surface area contributed by atoms with E-state index in [9.17, 15) is 13.9 Å². The van der Waals surface area contributed by atoms with Gasteiger partial charge in [0, 0.05) is 11.6 Å². The minimum absolute atomic E-state index is 0.00644. The van der Waals surface area contributed by atoms with Crippen LogP contribution in [-0.4, -0.2) is 18.2 Å². The maximum Gasteiger partial charge on any atom is 0.129 e. The Bertz CT molecular complexity index is 355. The van der Waals surface area contributed by atoms with Gasteiger partial charge in [-0.05, 0) is 31.2 Å². The van der Waals surface area contributed by atoms with Crippen LogP contribution < -0.4 is 5.32 Å². The Kier molecular flexibility index (Phi) is 4.38. The van der Waals surface area contributed by atoms with Crippen LogP contribution in [0.2, 0.25) is 0 Å². The van der Waals surface area contributed by atoms with Gasteiger partial charge in [-0.2, -0.15) is 0 Å². The van der Waals surface area contributed by atoms with E-state index >= 15 is 0 Å². The number of aliphatic hydroxyl groups is 1. The Morgan fingerprint density at radius 3 is 2.38 bits per heavy atom. The van der Waals surface area contributed by atoms with Crippen molar-refractivity contribution in [3.63, 3.8) is 0 Å². The first-order valence-electron chi connectivity index (χ1n) is 5.27. The summed E-state index contributed by atoms with van der Waals surface area (Å²) in [5, 5.41) is 12.9. The average molecular weight is 229 g/mol. The fourth-order valence-corrected chi connectivity index (χ4v) is 1.79. The zero-order valence-electron chi connectivity index (χ0n) is 9.67. The average Bonchev–Trinajstić information content (AvgIpc) is 2.22. The Labute approximate surface area is 94.3 Å². The lowest BCUT2D eigenvalue weighted by Crippen LogP contribution is -2.37. The highest BCUT2D eigenvalue weighted by molar-refractivity contribution is 5.22. The largest absolute Gasteiger partial charge is 0.387 e. The van der Waals surface area contributed by atoms with Gasteiger partial charge in [0.1, 0.15) is 11.6 Å². The van der Waals surface area contributed by atoms with Gasteiger partial charge in [-0.3, -0.25) is 0 Å². The highest BCUT2D eigenvalue weighted by Gasteiger charge is 2.25. The molecule has 0 saturated carbocycles. The van der Waals surface area contributed by atoms with Crippen molar-refractivity contribution in [2.24, 2.45) is 5.92 Å². The van der Waals surface area contributed by atoms with Crippen molar-refractivity contribution in [2.75, 3.05) is 7.05 Å². The predicted octanol–water partition coefficient (Wildman–Crippen LogP) is 2.24. The summed E-state index contributed by atoms with van der Waals surface area (Å²) in [5.74, 6) is -1.02. The molecule has 0 saturated heterocycles. The van der Waals surface area contributed by atoms with Crippen molar-refractivity contribution < 1.29 is 13.9 Å². The zero-order valence-corrected chi connectivity index (χ0v) is 9.67. The second kappa shape index (κ2) is 5.37. The summed E-state index contributed by atoms with van der Waals surface area (Å²) in [4.78, 5) is 0. The van der Waals surface area contributed by atoms with E-state index in [0.717, 1.165) is 18.2 Å². The molecule has 0 aromatic heterocycles. The molecule has 0 bridgehead atoms. The second-order valence-electron chi connectivity index (χ2n) is 4.17. The maximum absolute atomic E-state index is 13.4. The number of rotatable bonds is 4. The van der Waals surface area contributed by atoms with Crippen molar-refractivity contribution in [3.8, 4) is 0 Å². The summed E-state index contributed by atoms with van der Waals surface area (Å²) < 4.78 is 26.4. The van der Waals surface area contributed by atoms with E-state index in [4.69, 9.17) is 0 Å². The molecular weight excluding hydrogens is 212 g/mol. The Morgan fingerprint density at radius 2 is 1.88 bits per heavy atom. The summed E-state index contributed by atoms with van der Waals surface area (Å²) in [6, 6.07) is 2.79. The molecule has 0 aliphatic carbocycles. The van der Waals surface area contributed by atoms with Gasteiger partial charge in [0.15, 0.2) is 0 Å². The topological polar surface area (TPSA) is 32.3 Å². The van der Waals surface area contributed by atoms with Crippen LogP contribution in [0.5, 0.6) is 0 Å². The van der Waals surface area contributed by atoms with E-state index in [2.05, 4.69) is 5.32 Å². The zero-order chi connectivity index (χ0) is 12.3. The van der Waals surface area contributed by atoms with Crippen molar-refractivity contribution in [1.82, 2.24) is 5.32 Å². The van der Waals surface area contributed by atoms with Crippen LogP contribution in [0, 0.1) is 17.6 Å². The van der Waals surface area contributed by atoms with Crippen molar-refractivity contribution in [2.45, 2.75) is 26.0 Å². The number of aliphatic hydroxyl groups excluding tert-OH is 1.